The van der Waals surface area contributed by atoms with E-state index in [2.05, 4.69) is 35.2 Å². The smallest absolute Gasteiger partial charge is 0.379 e. The fraction of sp³-hybridized carbons (Fsp3) is 0.560. The van der Waals surface area contributed by atoms with Crippen molar-refractivity contribution in [2.24, 2.45) is 23.0 Å². The number of anilines is 2. The van der Waals surface area contributed by atoms with Crippen LogP contribution >= 0.6 is 0 Å². The summed E-state index contributed by atoms with van der Waals surface area (Å²) in [4.78, 5) is 14.5. The summed E-state index contributed by atoms with van der Waals surface area (Å²) in [5, 5.41) is 26.6. The lowest BCUT2D eigenvalue weighted by Crippen LogP contribution is -2.58. The van der Waals surface area contributed by atoms with E-state index in [1.165, 1.54) is 18.3 Å². The van der Waals surface area contributed by atoms with Crippen LogP contribution in [0.5, 0.6) is 0 Å². The topological polar surface area (TPSA) is 120 Å². The third-order valence-corrected chi connectivity index (χ3v) is 7.16. The van der Waals surface area contributed by atoms with Gasteiger partial charge in [0, 0.05) is 37.6 Å². The number of nitrogens with two attached hydrogens (primary N) is 1. The third-order valence-electron chi connectivity index (χ3n) is 7.16. The van der Waals surface area contributed by atoms with Crippen LogP contribution < -0.4 is 11.1 Å². The van der Waals surface area contributed by atoms with E-state index in [1.54, 1.807) is 4.68 Å². The Labute approximate surface area is 207 Å². The predicted octanol–water partition coefficient (Wildman–Crippen LogP) is 3.97. The van der Waals surface area contributed by atoms with E-state index in [4.69, 9.17) is 5.73 Å². The molecule has 4 rings (SSSR count). The van der Waals surface area contributed by atoms with Gasteiger partial charge in [0.05, 0.1) is 12.0 Å². The second-order valence-electron chi connectivity index (χ2n) is 10.7. The van der Waals surface area contributed by atoms with Crippen molar-refractivity contribution in [1.82, 2.24) is 14.7 Å². The number of aromatic nitrogens is 2. The number of hydrogen-bond donors (Lipinski definition) is 3. The first kappa shape index (κ1) is 26.0. The normalized spacial score (nSPS) is 25.0. The largest absolute Gasteiger partial charge is 0.418 e. The number of nitriles is 1. The number of nitrogens with one attached hydrogen (secondary N) is 1. The van der Waals surface area contributed by atoms with Crippen LogP contribution in [0.25, 0.3) is 0 Å². The van der Waals surface area contributed by atoms with E-state index in [-0.39, 0.29) is 28.8 Å². The Morgan fingerprint density at radius 1 is 1.31 bits per heavy atom. The summed E-state index contributed by atoms with van der Waals surface area (Å²) in [5.41, 5.74) is 6.09. The van der Waals surface area contributed by atoms with Crippen molar-refractivity contribution in [2.45, 2.75) is 58.0 Å². The molecule has 4 N–H and O–H groups in total. The number of alkyl halides is 3. The molecule has 1 saturated heterocycles. The molecule has 1 saturated carbocycles. The molecule has 8 nitrogen and oxygen atoms in total. The van der Waals surface area contributed by atoms with Gasteiger partial charge in [-0.25, -0.2) is 0 Å². The highest BCUT2D eigenvalue weighted by Gasteiger charge is 2.42. The number of amides is 1. The number of halogens is 3. The zero-order valence-corrected chi connectivity index (χ0v) is 20.3. The van der Waals surface area contributed by atoms with Crippen molar-refractivity contribution in [3.8, 4) is 6.07 Å². The third kappa shape index (κ3) is 5.65. The lowest BCUT2D eigenvalue weighted by Gasteiger charge is -2.52. The Morgan fingerprint density at radius 2 is 1.97 bits per heavy atom. The number of primary amides is 1. The van der Waals surface area contributed by atoms with Gasteiger partial charge < -0.3 is 16.2 Å². The monoisotopic (exact) mass is 504 g/mol. The standard InChI is InChI=1S/C25H31F3N6O2/c1-24(2)13-33(14-24)19-8-5-16(17(9-19)10-29)11-34-12-20(22(30)36)23(32-34)31-18-6-3-15(4-7-18)21(35)25(26,27)28/h3-4,6-7,12,16-17,19,21,35H,5,8-9,11,13-14H2,1-2H3,(H2,30,36)(H,31,32)/t16-,17-,19-,21-/m1/s1. The average molecular weight is 505 g/mol. The molecule has 4 atom stereocenters. The van der Waals surface area contributed by atoms with E-state index in [0.29, 0.717) is 23.7 Å². The molecule has 1 aliphatic carbocycles. The van der Waals surface area contributed by atoms with Gasteiger partial charge in [-0.1, -0.05) is 26.0 Å². The summed E-state index contributed by atoms with van der Waals surface area (Å²) in [7, 11) is 0. The van der Waals surface area contributed by atoms with Crippen molar-refractivity contribution in [3.05, 3.63) is 41.6 Å². The van der Waals surface area contributed by atoms with Crippen LogP contribution in [0.15, 0.2) is 30.5 Å². The molecule has 0 unspecified atom stereocenters. The van der Waals surface area contributed by atoms with Crippen LogP contribution in [0.3, 0.4) is 0 Å². The highest BCUT2D eigenvalue weighted by atomic mass is 19.4. The van der Waals surface area contributed by atoms with Gasteiger partial charge in [0.15, 0.2) is 11.9 Å². The first-order valence-electron chi connectivity index (χ1n) is 12.0. The Bertz CT molecular complexity index is 1130. The molecule has 0 radical (unpaired) electrons. The molecule has 1 aromatic heterocycles. The summed E-state index contributed by atoms with van der Waals surface area (Å²) in [6, 6.07) is 7.89. The van der Waals surface area contributed by atoms with Gasteiger partial charge in [-0.05, 0) is 48.3 Å². The lowest BCUT2D eigenvalue weighted by molar-refractivity contribution is -0.206. The van der Waals surface area contributed by atoms with Crippen LogP contribution in [-0.2, 0) is 6.54 Å². The molecule has 1 aromatic carbocycles. The summed E-state index contributed by atoms with van der Waals surface area (Å²) < 4.78 is 39.8. The number of carbonyl (C=O) groups excluding carboxylic acids is 1. The van der Waals surface area contributed by atoms with E-state index in [9.17, 15) is 28.3 Å². The Kier molecular flexibility index (Phi) is 7.03. The number of hydrogen-bond acceptors (Lipinski definition) is 6. The van der Waals surface area contributed by atoms with Crippen molar-refractivity contribution in [1.29, 1.82) is 5.26 Å². The van der Waals surface area contributed by atoms with E-state index >= 15 is 0 Å². The minimum atomic E-state index is -4.76. The van der Waals surface area contributed by atoms with Gasteiger partial charge >= 0.3 is 6.18 Å². The molecule has 2 aromatic rings. The number of carbonyl (C=O) groups is 1. The number of nitrogens with zero attached hydrogens (tertiary/aromatic N) is 4. The fourth-order valence-corrected chi connectivity index (χ4v) is 5.33. The van der Waals surface area contributed by atoms with E-state index < -0.39 is 18.2 Å². The number of aliphatic hydroxyl groups excluding tert-OH is 1. The fourth-order valence-electron chi connectivity index (χ4n) is 5.33. The molecular formula is C25H31F3N6O2. The Morgan fingerprint density at radius 3 is 2.53 bits per heavy atom. The second-order valence-corrected chi connectivity index (χ2v) is 10.7. The van der Waals surface area contributed by atoms with Crippen LogP contribution in [0.2, 0.25) is 0 Å². The van der Waals surface area contributed by atoms with Gasteiger partial charge in [0.1, 0.15) is 5.56 Å². The number of rotatable bonds is 7. The summed E-state index contributed by atoms with van der Waals surface area (Å²) in [5.74, 6) is -0.569. The minimum absolute atomic E-state index is 0.0807. The summed E-state index contributed by atoms with van der Waals surface area (Å²) in [6.45, 7) is 7.04. The van der Waals surface area contributed by atoms with E-state index in [1.807, 2.05) is 0 Å². The lowest BCUT2D eigenvalue weighted by atomic mass is 9.74. The quantitative estimate of drug-likeness (QED) is 0.525. The predicted molar refractivity (Wildman–Crippen MR) is 127 cm³/mol. The van der Waals surface area contributed by atoms with Crippen LogP contribution in [0.1, 0.15) is 55.1 Å². The second kappa shape index (κ2) is 9.75. The highest BCUT2D eigenvalue weighted by Crippen LogP contribution is 2.39. The molecule has 2 heterocycles. The zero-order chi connectivity index (χ0) is 26.3. The molecule has 36 heavy (non-hydrogen) atoms. The van der Waals surface area contributed by atoms with Crippen LogP contribution in [0.4, 0.5) is 24.7 Å². The summed E-state index contributed by atoms with van der Waals surface area (Å²) >= 11 is 0. The van der Waals surface area contributed by atoms with Crippen molar-refractivity contribution in [2.75, 3.05) is 18.4 Å². The van der Waals surface area contributed by atoms with Gasteiger partial charge in [-0.3, -0.25) is 14.4 Å². The molecule has 1 aliphatic heterocycles. The summed E-state index contributed by atoms with van der Waals surface area (Å²) in [6.07, 6.45) is -3.13. The highest BCUT2D eigenvalue weighted by molar-refractivity contribution is 5.98. The maximum absolute atomic E-state index is 12.7. The van der Waals surface area contributed by atoms with Crippen molar-refractivity contribution < 1.29 is 23.1 Å². The van der Waals surface area contributed by atoms with Crippen molar-refractivity contribution >= 4 is 17.4 Å². The average Bonchev–Trinajstić information content (AvgIpc) is 3.19. The molecule has 1 amide bonds. The van der Waals surface area contributed by atoms with Crippen molar-refractivity contribution in [3.63, 3.8) is 0 Å². The van der Waals surface area contributed by atoms with Crippen LogP contribution in [-0.4, -0.2) is 51.0 Å². The zero-order valence-electron chi connectivity index (χ0n) is 20.3. The molecule has 11 heteroatoms. The SMILES string of the molecule is CC1(C)CN([C@@H]2CC[C@H](Cn3cc(C(N)=O)c(Nc4ccc([C@@H](O)C(F)(F)F)cc4)n3)[C@@H](C#N)C2)C1. The maximum Gasteiger partial charge on any atom is 0.418 e. The molecular weight excluding hydrogens is 473 g/mol. The molecule has 0 bridgehead atoms. The minimum Gasteiger partial charge on any atom is -0.379 e. The van der Waals surface area contributed by atoms with Gasteiger partial charge in [-0.2, -0.15) is 23.5 Å². The molecule has 0 spiro atoms. The number of likely N-dealkylation sites (tertiary alicyclic amines) is 1. The Balaban J connectivity index is 1.43. The van der Waals surface area contributed by atoms with Crippen LogP contribution in [0, 0.1) is 28.6 Å². The molecule has 2 aliphatic rings. The van der Waals surface area contributed by atoms with E-state index in [0.717, 1.165) is 44.5 Å². The van der Waals surface area contributed by atoms with Gasteiger partial charge in [0.25, 0.3) is 5.91 Å². The first-order chi connectivity index (χ1) is 16.9. The Hall–Kier alpha value is -3.10. The van der Waals surface area contributed by atoms with Gasteiger partial charge in [-0.15, -0.1) is 0 Å². The molecule has 194 valence electrons. The van der Waals surface area contributed by atoms with Gasteiger partial charge in [0.2, 0.25) is 0 Å². The molecule has 2 fully saturated rings. The maximum atomic E-state index is 12.7. The first-order valence-corrected chi connectivity index (χ1v) is 12.0. The number of benzene rings is 1. The number of aliphatic hydroxyl groups is 1.